The summed E-state index contributed by atoms with van der Waals surface area (Å²) in [6.45, 7) is 6.26. The van der Waals surface area contributed by atoms with Gasteiger partial charge in [-0.1, -0.05) is 47.7 Å². The Hall–Kier alpha value is -4.37. The summed E-state index contributed by atoms with van der Waals surface area (Å²) in [6, 6.07) is 16.6. The number of ether oxygens (including phenoxy) is 4. The SMILES string of the molecule is CCOC(=O)C1=C(C)N=c2sc(=Cc3c(OCC)ccc4ccccc34)c(=O)n2C1c1ccc2c(c1)OCO2. The van der Waals surface area contributed by atoms with Crippen molar-refractivity contribution in [2.75, 3.05) is 20.0 Å². The monoisotopic (exact) mass is 542 g/mol. The highest BCUT2D eigenvalue weighted by Crippen LogP contribution is 2.38. The van der Waals surface area contributed by atoms with Crippen molar-refractivity contribution in [2.45, 2.75) is 26.8 Å². The van der Waals surface area contributed by atoms with Crippen LogP contribution in [0.3, 0.4) is 0 Å². The molecule has 9 heteroatoms. The largest absolute Gasteiger partial charge is 0.493 e. The second kappa shape index (κ2) is 10.1. The molecule has 2 aliphatic rings. The normalized spacial score (nSPS) is 16.3. The van der Waals surface area contributed by atoms with E-state index in [1.54, 1.807) is 30.5 Å². The number of carbonyl (C=O) groups excluding carboxylic acids is 1. The van der Waals surface area contributed by atoms with E-state index in [1.165, 1.54) is 11.3 Å². The third kappa shape index (κ3) is 4.28. The summed E-state index contributed by atoms with van der Waals surface area (Å²) >= 11 is 1.28. The van der Waals surface area contributed by atoms with E-state index >= 15 is 0 Å². The predicted octanol–water partition coefficient (Wildman–Crippen LogP) is 4.08. The maximum Gasteiger partial charge on any atom is 0.338 e. The topological polar surface area (TPSA) is 88.4 Å². The molecule has 1 atom stereocenters. The van der Waals surface area contributed by atoms with Gasteiger partial charge in [0.15, 0.2) is 16.3 Å². The Morgan fingerprint density at radius 3 is 2.74 bits per heavy atom. The van der Waals surface area contributed by atoms with Gasteiger partial charge in [-0.3, -0.25) is 9.36 Å². The summed E-state index contributed by atoms with van der Waals surface area (Å²) in [5.41, 5.74) is 2.08. The molecule has 1 unspecified atom stereocenters. The molecule has 39 heavy (non-hydrogen) atoms. The van der Waals surface area contributed by atoms with Gasteiger partial charge < -0.3 is 18.9 Å². The lowest BCUT2D eigenvalue weighted by Crippen LogP contribution is -2.39. The van der Waals surface area contributed by atoms with Gasteiger partial charge in [0.05, 0.1) is 35.1 Å². The first-order valence-corrected chi connectivity index (χ1v) is 13.6. The summed E-state index contributed by atoms with van der Waals surface area (Å²) in [6.07, 6.45) is 1.86. The Morgan fingerprint density at radius 2 is 1.92 bits per heavy atom. The van der Waals surface area contributed by atoms with E-state index in [4.69, 9.17) is 18.9 Å². The molecule has 0 fully saturated rings. The lowest BCUT2D eigenvalue weighted by molar-refractivity contribution is -0.139. The van der Waals surface area contributed by atoms with Crippen molar-refractivity contribution in [2.24, 2.45) is 4.99 Å². The number of rotatable bonds is 6. The molecule has 0 bridgehead atoms. The molecule has 8 nitrogen and oxygen atoms in total. The number of benzene rings is 3. The zero-order chi connectivity index (χ0) is 27.1. The molecule has 0 aliphatic carbocycles. The number of allylic oxidation sites excluding steroid dienone is 1. The van der Waals surface area contributed by atoms with E-state index < -0.39 is 12.0 Å². The molecule has 0 amide bonds. The van der Waals surface area contributed by atoms with Crippen LogP contribution in [0.25, 0.3) is 16.8 Å². The molecular weight excluding hydrogens is 516 g/mol. The average Bonchev–Trinajstić information content (AvgIpc) is 3.53. The fraction of sp³-hybridized carbons (Fsp3) is 0.233. The number of hydrogen-bond acceptors (Lipinski definition) is 8. The maximum absolute atomic E-state index is 14.1. The minimum Gasteiger partial charge on any atom is -0.493 e. The highest BCUT2D eigenvalue weighted by atomic mass is 32.1. The van der Waals surface area contributed by atoms with Crippen molar-refractivity contribution in [3.05, 3.63) is 96.7 Å². The van der Waals surface area contributed by atoms with Crippen molar-refractivity contribution >= 4 is 34.2 Å². The van der Waals surface area contributed by atoms with Crippen LogP contribution in [-0.2, 0) is 9.53 Å². The Morgan fingerprint density at radius 1 is 1.10 bits per heavy atom. The summed E-state index contributed by atoms with van der Waals surface area (Å²) in [4.78, 5) is 32.4. The summed E-state index contributed by atoms with van der Waals surface area (Å²) in [5, 5.41) is 2.02. The van der Waals surface area contributed by atoms with E-state index in [-0.39, 0.29) is 19.0 Å². The lowest BCUT2D eigenvalue weighted by atomic mass is 9.95. The number of nitrogens with zero attached hydrogens (tertiary/aromatic N) is 2. The van der Waals surface area contributed by atoms with E-state index in [2.05, 4.69) is 4.99 Å². The quantitative estimate of drug-likeness (QED) is 0.341. The number of hydrogen-bond donors (Lipinski definition) is 0. The molecule has 1 aromatic heterocycles. The maximum atomic E-state index is 14.1. The average molecular weight is 543 g/mol. The molecule has 0 radical (unpaired) electrons. The molecule has 0 N–H and O–H groups in total. The van der Waals surface area contributed by atoms with Crippen LogP contribution in [0.5, 0.6) is 17.2 Å². The Labute approximate surface area is 228 Å². The van der Waals surface area contributed by atoms with Crippen LogP contribution in [0.1, 0.15) is 37.9 Å². The molecular formula is C30H26N2O6S. The van der Waals surface area contributed by atoms with Gasteiger partial charge in [0, 0.05) is 5.56 Å². The summed E-state index contributed by atoms with van der Waals surface area (Å²) in [5.74, 6) is 1.36. The first-order chi connectivity index (χ1) is 19.0. The molecule has 0 saturated heterocycles. The zero-order valence-corrected chi connectivity index (χ0v) is 22.5. The minimum atomic E-state index is -0.740. The summed E-state index contributed by atoms with van der Waals surface area (Å²) in [7, 11) is 0. The van der Waals surface area contributed by atoms with E-state index in [1.807, 2.05) is 55.5 Å². The van der Waals surface area contributed by atoms with E-state index in [9.17, 15) is 9.59 Å². The molecule has 198 valence electrons. The summed E-state index contributed by atoms with van der Waals surface area (Å²) < 4.78 is 24.4. The Kier molecular flexibility index (Phi) is 6.44. The number of carbonyl (C=O) groups is 1. The minimum absolute atomic E-state index is 0.119. The Balaban J connectivity index is 1.59. The molecule has 3 aromatic carbocycles. The molecule has 3 heterocycles. The predicted molar refractivity (Wildman–Crippen MR) is 148 cm³/mol. The third-order valence-corrected chi connectivity index (χ3v) is 7.72. The first-order valence-electron chi connectivity index (χ1n) is 12.7. The lowest BCUT2D eigenvalue weighted by Gasteiger charge is -2.24. The fourth-order valence-electron chi connectivity index (χ4n) is 5.03. The van der Waals surface area contributed by atoms with Gasteiger partial charge in [0.25, 0.3) is 5.56 Å². The second-order valence-corrected chi connectivity index (χ2v) is 10.1. The molecule has 6 rings (SSSR count). The van der Waals surface area contributed by atoms with E-state index in [0.717, 1.165) is 16.3 Å². The standard InChI is InChI=1S/C30H26N2O6S/c1-4-35-22-12-10-18-8-6-7-9-20(18)21(22)15-25-28(33)32-27(19-11-13-23-24(14-19)38-16-37-23)26(29(34)36-5-2)17(3)31-30(32)39-25/h6-15,27H,4-5,16H2,1-3H3. The number of fused-ring (bicyclic) bond motifs is 3. The number of esters is 1. The van der Waals surface area contributed by atoms with Crippen LogP contribution in [0, 0.1) is 0 Å². The first kappa shape index (κ1) is 24.9. The van der Waals surface area contributed by atoms with Crippen molar-refractivity contribution in [3.63, 3.8) is 0 Å². The molecule has 0 saturated carbocycles. The van der Waals surface area contributed by atoms with Crippen LogP contribution >= 0.6 is 11.3 Å². The van der Waals surface area contributed by atoms with Crippen LogP contribution in [0.15, 0.2) is 75.7 Å². The molecule has 4 aromatic rings. The van der Waals surface area contributed by atoms with Crippen molar-refractivity contribution in [1.82, 2.24) is 4.57 Å². The number of aromatic nitrogens is 1. The van der Waals surface area contributed by atoms with Gasteiger partial charge in [-0.25, -0.2) is 9.79 Å². The van der Waals surface area contributed by atoms with Crippen molar-refractivity contribution in [3.8, 4) is 17.2 Å². The van der Waals surface area contributed by atoms with Gasteiger partial charge >= 0.3 is 5.97 Å². The molecule has 0 spiro atoms. The van der Waals surface area contributed by atoms with Gasteiger partial charge in [-0.15, -0.1) is 0 Å². The molecule has 2 aliphatic heterocycles. The highest BCUT2D eigenvalue weighted by Gasteiger charge is 2.34. The second-order valence-electron chi connectivity index (χ2n) is 9.05. The Bertz CT molecular complexity index is 1830. The van der Waals surface area contributed by atoms with Crippen molar-refractivity contribution in [1.29, 1.82) is 0 Å². The van der Waals surface area contributed by atoms with Crippen molar-refractivity contribution < 1.29 is 23.7 Å². The van der Waals surface area contributed by atoms with Crippen LogP contribution < -0.4 is 29.1 Å². The fourth-order valence-corrected chi connectivity index (χ4v) is 6.06. The van der Waals surface area contributed by atoms with Gasteiger partial charge in [0.2, 0.25) is 6.79 Å². The highest BCUT2D eigenvalue weighted by molar-refractivity contribution is 7.07. The van der Waals surface area contributed by atoms with Gasteiger partial charge in [0.1, 0.15) is 5.75 Å². The zero-order valence-electron chi connectivity index (χ0n) is 21.7. The smallest absolute Gasteiger partial charge is 0.338 e. The third-order valence-electron chi connectivity index (χ3n) is 6.74. The van der Waals surface area contributed by atoms with Crippen LogP contribution in [0.2, 0.25) is 0 Å². The number of thiazole rings is 1. The van der Waals surface area contributed by atoms with Crippen LogP contribution in [0.4, 0.5) is 0 Å². The van der Waals surface area contributed by atoms with E-state index in [0.29, 0.717) is 50.0 Å². The van der Waals surface area contributed by atoms with Gasteiger partial charge in [-0.2, -0.15) is 0 Å². The van der Waals surface area contributed by atoms with Crippen LogP contribution in [-0.4, -0.2) is 30.5 Å². The van der Waals surface area contributed by atoms with Gasteiger partial charge in [-0.05, 0) is 61.4 Å².